The Morgan fingerprint density at radius 3 is 2.57 bits per heavy atom. The van der Waals surface area contributed by atoms with Crippen molar-refractivity contribution in [1.82, 2.24) is 4.57 Å². The van der Waals surface area contributed by atoms with Crippen LogP contribution in [0.1, 0.15) is 19.4 Å². The van der Waals surface area contributed by atoms with Gasteiger partial charge in [0, 0.05) is 61.1 Å². The number of rotatable bonds is 5. The quantitative estimate of drug-likeness (QED) is 0.813. The first kappa shape index (κ1) is 16.0. The molecule has 2 aromatic rings. The minimum atomic E-state index is -0.606. The number of nitrogens with zero attached hydrogens (tertiary/aromatic N) is 2. The van der Waals surface area contributed by atoms with E-state index in [-0.39, 0.29) is 19.1 Å². The van der Waals surface area contributed by atoms with Crippen LogP contribution in [0, 0.1) is 12.5 Å². The number of hydrogen-bond acceptors (Lipinski definition) is 2. The van der Waals surface area contributed by atoms with E-state index in [9.17, 15) is 10.2 Å². The van der Waals surface area contributed by atoms with Crippen LogP contribution in [-0.2, 0) is 12.1 Å². The predicted octanol–water partition coefficient (Wildman–Crippen LogP) is 3.16. The molecule has 1 aromatic carbocycles. The van der Waals surface area contributed by atoms with Gasteiger partial charge in [0.25, 0.3) is 5.54 Å². The molecule has 0 aliphatic carbocycles. The molecule has 5 heteroatoms. The van der Waals surface area contributed by atoms with Crippen LogP contribution in [-0.4, -0.2) is 28.0 Å². The summed E-state index contributed by atoms with van der Waals surface area (Å²) in [7, 11) is 0. The molecular weight excluding hydrogens is 332 g/mol. The summed E-state index contributed by atoms with van der Waals surface area (Å²) in [6.07, 6.45) is 1.97. The second-order valence-electron chi connectivity index (χ2n) is 5.76. The first-order valence-electron chi connectivity index (χ1n) is 6.82. The normalized spacial score (nSPS) is 12.0. The number of hydrogen-bond donors (Lipinski definition) is 2. The van der Waals surface area contributed by atoms with Crippen LogP contribution in [0.5, 0.6) is 0 Å². The van der Waals surface area contributed by atoms with E-state index in [0.29, 0.717) is 6.54 Å². The minimum absolute atomic E-state index is 0.0638. The van der Waals surface area contributed by atoms with Gasteiger partial charge in [-0.3, -0.25) is 0 Å². The highest BCUT2D eigenvalue weighted by Gasteiger charge is 2.30. The van der Waals surface area contributed by atoms with Gasteiger partial charge in [0.15, 0.2) is 0 Å². The van der Waals surface area contributed by atoms with E-state index in [2.05, 4.69) is 20.8 Å². The van der Waals surface area contributed by atoms with E-state index >= 15 is 0 Å². The molecule has 0 unspecified atom stereocenters. The van der Waals surface area contributed by atoms with Gasteiger partial charge in [-0.25, -0.2) is 6.57 Å². The Bertz CT molecular complexity index is 681. The summed E-state index contributed by atoms with van der Waals surface area (Å²) >= 11 is 3.47. The van der Waals surface area contributed by atoms with Crippen molar-refractivity contribution >= 4 is 26.8 Å². The summed E-state index contributed by atoms with van der Waals surface area (Å²) in [6, 6.07) is 5.97. The van der Waals surface area contributed by atoms with Gasteiger partial charge in [-0.05, 0) is 12.1 Å². The molecule has 0 amide bonds. The van der Waals surface area contributed by atoms with Crippen molar-refractivity contribution in [2.24, 2.45) is 5.92 Å². The topological polar surface area (TPSA) is 49.8 Å². The van der Waals surface area contributed by atoms with Gasteiger partial charge in [-0.1, -0.05) is 22.0 Å². The zero-order chi connectivity index (χ0) is 15.6. The number of aliphatic hydroxyl groups excluding tert-OH is 2. The van der Waals surface area contributed by atoms with E-state index in [1.807, 2.05) is 42.8 Å². The molecule has 1 heterocycles. The van der Waals surface area contributed by atoms with Gasteiger partial charge in [-0.2, -0.15) is 0 Å². The molecule has 0 saturated heterocycles. The largest absolute Gasteiger partial charge is 0.396 e. The van der Waals surface area contributed by atoms with Crippen molar-refractivity contribution in [2.45, 2.75) is 25.9 Å². The highest BCUT2D eigenvalue weighted by molar-refractivity contribution is 9.10. The van der Waals surface area contributed by atoms with Gasteiger partial charge in [0.1, 0.15) is 0 Å². The second-order valence-corrected chi connectivity index (χ2v) is 6.67. The molecule has 0 spiro atoms. The van der Waals surface area contributed by atoms with Crippen molar-refractivity contribution in [2.75, 3.05) is 13.2 Å². The third kappa shape index (κ3) is 3.13. The van der Waals surface area contributed by atoms with E-state index < -0.39 is 5.54 Å². The Balaban J connectivity index is 2.61. The maximum absolute atomic E-state index is 9.30. The zero-order valence-electron chi connectivity index (χ0n) is 12.2. The SMILES string of the molecule is [C-]#[N+]C(C)(C)c1cn(CC(CO)CO)c2cc(Br)ccc12. The van der Waals surface area contributed by atoms with Crippen LogP contribution >= 0.6 is 15.9 Å². The summed E-state index contributed by atoms with van der Waals surface area (Å²) in [5.41, 5.74) is 1.36. The van der Waals surface area contributed by atoms with Gasteiger partial charge in [0.05, 0.1) is 5.56 Å². The molecule has 21 heavy (non-hydrogen) atoms. The lowest BCUT2D eigenvalue weighted by Gasteiger charge is -2.13. The number of halogens is 1. The monoisotopic (exact) mass is 350 g/mol. The molecule has 0 radical (unpaired) electrons. The number of aliphatic hydroxyl groups is 2. The first-order chi connectivity index (χ1) is 9.92. The van der Waals surface area contributed by atoms with Crippen molar-refractivity contribution < 1.29 is 10.2 Å². The fraction of sp³-hybridized carbons (Fsp3) is 0.438. The van der Waals surface area contributed by atoms with Gasteiger partial charge in [0.2, 0.25) is 0 Å². The summed E-state index contributed by atoms with van der Waals surface area (Å²) in [5.74, 6) is -0.205. The molecule has 1 aromatic heterocycles. The maximum atomic E-state index is 9.30. The molecule has 0 bridgehead atoms. The van der Waals surface area contributed by atoms with Crippen LogP contribution in [0.15, 0.2) is 28.9 Å². The van der Waals surface area contributed by atoms with E-state index in [4.69, 9.17) is 6.57 Å². The van der Waals surface area contributed by atoms with Gasteiger partial charge >= 0.3 is 0 Å². The Kier molecular flexibility index (Phi) is 4.72. The van der Waals surface area contributed by atoms with Crippen molar-refractivity contribution in [3.8, 4) is 0 Å². The first-order valence-corrected chi connectivity index (χ1v) is 7.61. The smallest absolute Gasteiger partial charge is 0.254 e. The molecule has 2 N–H and O–H groups in total. The fourth-order valence-electron chi connectivity index (χ4n) is 2.42. The van der Waals surface area contributed by atoms with Crippen LogP contribution < -0.4 is 0 Å². The average Bonchev–Trinajstić information content (AvgIpc) is 2.83. The number of benzene rings is 1. The summed E-state index contributed by atoms with van der Waals surface area (Å²) in [6.45, 7) is 11.6. The molecular formula is C16H19BrN2O2. The maximum Gasteiger partial charge on any atom is 0.254 e. The van der Waals surface area contributed by atoms with E-state index in [0.717, 1.165) is 20.9 Å². The Morgan fingerprint density at radius 1 is 1.33 bits per heavy atom. The van der Waals surface area contributed by atoms with Crippen molar-refractivity contribution in [3.05, 3.63) is 45.8 Å². The third-order valence-electron chi connectivity index (χ3n) is 3.75. The molecule has 0 fully saturated rings. The van der Waals surface area contributed by atoms with Crippen LogP contribution in [0.4, 0.5) is 0 Å². The second kappa shape index (κ2) is 6.18. The Morgan fingerprint density at radius 2 is 2.00 bits per heavy atom. The Hall–Kier alpha value is -1.35. The van der Waals surface area contributed by atoms with Gasteiger partial charge < -0.3 is 19.6 Å². The summed E-state index contributed by atoms with van der Waals surface area (Å²) in [4.78, 5) is 3.72. The lowest BCUT2D eigenvalue weighted by atomic mass is 9.95. The zero-order valence-corrected chi connectivity index (χ0v) is 13.8. The molecule has 0 aliphatic rings. The predicted molar refractivity (Wildman–Crippen MR) is 86.9 cm³/mol. The Labute approximate surface area is 133 Å². The molecule has 0 aliphatic heterocycles. The minimum Gasteiger partial charge on any atom is -0.396 e. The lowest BCUT2D eigenvalue weighted by Crippen LogP contribution is -2.18. The standard InChI is InChI=1S/C16H19BrN2O2/c1-16(2,18-3)14-8-19(7-11(9-20)10-21)15-6-12(17)4-5-13(14)15/h4-6,8,11,20-21H,7,9-10H2,1-2H3. The van der Waals surface area contributed by atoms with Crippen LogP contribution in [0.3, 0.4) is 0 Å². The lowest BCUT2D eigenvalue weighted by molar-refractivity contribution is 0.138. The highest BCUT2D eigenvalue weighted by atomic mass is 79.9. The van der Waals surface area contributed by atoms with E-state index in [1.165, 1.54) is 0 Å². The molecule has 112 valence electrons. The third-order valence-corrected chi connectivity index (χ3v) is 4.25. The van der Waals surface area contributed by atoms with Gasteiger partial charge in [-0.15, -0.1) is 0 Å². The van der Waals surface area contributed by atoms with Crippen LogP contribution in [0.25, 0.3) is 15.7 Å². The fourth-order valence-corrected chi connectivity index (χ4v) is 2.76. The highest BCUT2D eigenvalue weighted by Crippen LogP contribution is 2.34. The number of aromatic nitrogens is 1. The average molecular weight is 351 g/mol. The summed E-state index contributed by atoms with van der Waals surface area (Å²) < 4.78 is 2.98. The molecule has 4 nitrogen and oxygen atoms in total. The summed E-state index contributed by atoms with van der Waals surface area (Å²) in [5, 5.41) is 19.6. The molecule has 0 atom stereocenters. The van der Waals surface area contributed by atoms with Crippen molar-refractivity contribution in [1.29, 1.82) is 0 Å². The van der Waals surface area contributed by atoms with Crippen molar-refractivity contribution in [3.63, 3.8) is 0 Å². The van der Waals surface area contributed by atoms with Crippen LogP contribution in [0.2, 0.25) is 0 Å². The number of fused-ring (bicyclic) bond motifs is 1. The van der Waals surface area contributed by atoms with E-state index in [1.54, 1.807) is 0 Å². The molecule has 2 rings (SSSR count). The molecule has 0 saturated carbocycles.